The summed E-state index contributed by atoms with van der Waals surface area (Å²) in [4.78, 5) is 25.8. The minimum atomic E-state index is -1.64. The number of Topliss-reactive ketones (excluding diaryl/α,β-unsaturated/α-hetero) is 2. The molecule has 0 bridgehead atoms. The molecule has 1 aliphatic carbocycles. The number of carbonyl (C=O) groups excluding carboxylic acids is 2. The Hall–Kier alpha value is -1.78. The van der Waals surface area contributed by atoms with E-state index in [0.717, 1.165) is 25.7 Å². The molecule has 2 N–H and O–H groups in total. The molecule has 0 radical (unpaired) electrons. The molecule has 174 valence electrons. The lowest BCUT2D eigenvalue weighted by Crippen LogP contribution is -2.44. The lowest BCUT2D eigenvalue weighted by atomic mass is 9.79. The van der Waals surface area contributed by atoms with Crippen molar-refractivity contribution in [2.45, 2.75) is 91.3 Å². The Morgan fingerprint density at radius 2 is 1.77 bits per heavy atom. The van der Waals surface area contributed by atoms with Gasteiger partial charge < -0.3 is 10.2 Å². The van der Waals surface area contributed by atoms with Crippen LogP contribution in [0.5, 0.6) is 0 Å². The first-order chi connectivity index (χ1) is 14.4. The average Bonchev–Trinajstić information content (AvgIpc) is 2.95. The van der Waals surface area contributed by atoms with Crippen LogP contribution in [0.2, 0.25) is 0 Å². The van der Waals surface area contributed by atoms with E-state index in [4.69, 9.17) is 0 Å². The third-order valence-corrected chi connectivity index (χ3v) is 6.67. The lowest BCUT2D eigenvalue weighted by molar-refractivity contribution is -0.136. The quantitative estimate of drug-likeness (QED) is 0.230. The van der Waals surface area contributed by atoms with Gasteiger partial charge in [-0.3, -0.25) is 9.59 Å². The molecule has 0 heterocycles. The number of aliphatic hydroxyl groups is 2. The van der Waals surface area contributed by atoms with Gasteiger partial charge in [-0.25, -0.2) is 0 Å². The summed E-state index contributed by atoms with van der Waals surface area (Å²) >= 11 is 0. The second-order valence-electron chi connectivity index (χ2n) is 9.86. The Labute approximate surface area is 188 Å². The fourth-order valence-electron chi connectivity index (χ4n) is 4.28. The summed E-state index contributed by atoms with van der Waals surface area (Å²) < 4.78 is 0. The minimum Gasteiger partial charge on any atom is -0.392 e. The van der Waals surface area contributed by atoms with Gasteiger partial charge in [0.05, 0.1) is 6.10 Å². The molecule has 0 aromatic rings. The average molecular weight is 431 g/mol. The number of rotatable bonds is 13. The fourth-order valence-corrected chi connectivity index (χ4v) is 4.28. The molecule has 0 aromatic heterocycles. The highest BCUT2D eigenvalue weighted by Crippen LogP contribution is 2.42. The van der Waals surface area contributed by atoms with Crippen molar-refractivity contribution in [2.24, 2.45) is 17.3 Å². The van der Waals surface area contributed by atoms with Gasteiger partial charge in [-0.15, -0.1) is 13.2 Å². The van der Waals surface area contributed by atoms with Crippen molar-refractivity contribution in [1.82, 2.24) is 0 Å². The highest BCUT2D eigenvalue weighted by molar-refractivity contribution is 6.02. The van der Waals surface area contributed by atoms with Crippen LogP contribution < -0.4 is 0 Å². The summed E-state index contributed by atoms with van der Waals surface area (Å²) in [6.45, 7) is 16.8. The van der Waals surface area contributed by atoms with Crippen LogP contribution in [0.3, 0.4) is 0 Å². The standard InChI is InChI=1S/C27H42O4/c1-8-10-11-12-13-19(3)14-15-23(28)26(6,7)17-16-20(4)25(30)27(31)18-21(5)24(29)22(27)9-2/h8-9,13,16,21-22,24,29,31H,1-2,10-12,14-15,17-18H2,3-7H3/b19-13+,20-16+/t21-,22-,24+,27+/m0/s1. The van der Waals surface area contributed by atoms with E-state index in [1.807, 2.05) is 26.8 Å². The zero-order valence-electron chi connectivity index (χ0n) is 20.1. The van der Waals surface area contributed by atoms with E-state index in [9.17, 15) is 19.8 Å². The third kappa shape index (κ3) is 7.11. The van der Waals surface area contributed by atoms with Crippen molar-refractivity contribution in [3.05, 3.63) is 48.6 Å². The van der Waals surface area contributed by atoms with Crippen LogP contribution in [0.25, 0.3) is 0 Å². The molecule has 1 rings (SSSR count). The SMILES string of the molecule is C=CCCC/C=C(\C)CCC(=O)C(C)(C)C/C=C(\C)C(=O)[C@@]1(O)C[C@H](C)[C@@H](O)[C@@H]1C=C. The van der Waals surface area contributed by atoms with Crippen LogP contribution in [0.1, 0.15) is 79.6 Å². The van der Waals surface area contributed by atoms with Gasteiger partial charge in [0.15, 0.2) is 5.78 Å². The van der Waals surface area contributed by atoms with Gasteiger partial charge in [0.25, 0.3) is 0 Å². The van der Waals surface area contributed by atoms with Crippen molar-refractivity contribution in [1.29, 1.82) is 0 Å². The van der Waals surface area contributed by atoms with Gasteiger partial charge in [0, 0.05) is 17.8 Å². The van der Waals surface area contributed by atoms with Gasteiger partial charge in [-0.05, 0) is 63.9 Å². The summed E-state index contributed by atoms with van der Waals surface area (Å²) in [5.74, 6) is -1.09. The maximum Gasteiger partial charge on any atom is 0.190 e. The number of carbonyl (C=O) groups is 2. The first kappa shape index (κ1) is 27.3. The van der Waals surface area contributed by atoms with Gasteiger partial charge in [-0.2, -0.15) is 0 Å². The Morgan fingerprint density at radius 3 is 2.35 bits per heavy atom. The molecule has 4 nitrogen and oxygen atoms in total. The largest absolute Gasteiger partial charge is 0.392 e. The van der Waals surface area contributed by atoms with Crippen molar-refractivity contribution in [3.8, 4) is 0 Å². The van der Waals surface area contributed by atoms with E-state index >= 15 is 0 Å². The van der Waals surface area contributed by atoms with E-state index < -0.39 is 23.0 Å². The van der Waals surface area contributed by atoms with Crippen molar-refractivity contribution >= 4 is 11.6 Å². The molecule has 4 atom stereocenters. The smallest absolute Gasteiger partial charge is 0.190 e. The van der Waals surface area contributed by atoms with Crippen LogP contribution in [0, 0.1) is 17.3 Å². The molecule has 0 unspecified atom stereocenters. The van der Waals surface area contributed by atoms with Crippen LogP contribution >= 0.6 is 0 Å². The second-order valence-corrected chi connectivity index (χ2v) is 9.86. The fraction of sp³-hybridized carbons (Fsp3) is 0.630. The van der Waals surface area contributed by atoms with Gasteiger partial charge >= 0.3 is 0 Å². The number of hydrogen-bond donors (Lipinski definition) is 2. The molecule has 0 spiro atoms. The number of aliphatic hydroxyl groups excluding tert-OH is 1. The zero-order valence-corrected chi connectivity index (χ0v) is 20.1. The Kier molecular flexibility index (Phi) is 10.3. The summed E-state index contributed by atoms with van der Waals surface area (Å²) in [7, 11) is 0. The lowest BCUT2D eigenvalue weighted by Gasteiger charge is -2.28. The molecule has 0 aliphatic heterocycles. The number of hydrogen-bond acceptors (Lipinski definition) is 4. The van der Waals surface area contributed by atoms with Gasteiger partial charge in [0.1, 0.15) is 11.4 Å². The first-order valence-electron chi connectivity index (χ1n) is 11.4. The van der Waals surface area contributed by atoms with Crippen molar-refractivity contribution in [3.63, 3.8) is 0 Å². The molecule has 1 aliphatic rings. The predicted octanol–water partition coefficient (Wildman–Crippen LogP) is 5.50. The molecule has 0 amide bonds. The minimum absolute atomic E-state index is 0.162. The van der Waals surface area contributed by atoms with E-state index in [-0.39, 0.29) is 23.9 Å². The summed E-state index contributed by atoms with van der Waals surface area (Å²) in [6, 6.07) is 0. The molecule has 1 saturated carbocycles. The summed E-state index contributed by atoms with van der Waals surface area (Å²) in [5.41, 5.74) is -0.576. The van der Waals surface area contributed by atoms with E-state index in [0.29, 0.717) is 18.4 Å². The molecular weight excluding hydrogens is 388 g/mol. The second kappa shape index (κ2) is 11.7. The normalized spacial score (nSPS) is 27.3. The molecule has 4 heteroatoms. The zero-order chi connectivity index (χ0) is 23.8. The van der Waals surface area contributed by atoms with E-state index in [1.165, 1.54) is 11.6 Å². The van der Waals surface area contributed by atoms with Crippen LogP contribution in [0.15, 0.2) is 48.6 Å². The topological polar surface area (TPSA) is 74.6 Å². The predicted molar refractivity (Wildman–Crippen MR) is 128 cm³/mol. The van der Waals surface area contributed by atoms with Crippen LogP contribution in [-0.2, 0) is 9.59 Å². The first-order valence-corrected chi connectivity index (χ1v) is 11.4. The van der Waals surface area contributed by atoms with Crippen molar-refractivity contribution < 1.29 is 19.8 Å². The molecular formula is C27H42O4. The molecule has 0 aromatic carbocycles. The summed E-state index contributed by atoms with van der Waals surface area (Å²) in [5, 5.41) is 21.3. The number of unbranched alkanes of at least 4 members (excludes halogenated alkanes) is 2. The molecule has 0 saturated heterocycles. The van der Waals surface area contributed by atoms with Crippen molar-refractivity contribution in [2.75, 3.05) is 0 Å². The van der Waals surface area contributed by atoms with Crippen LogP contribution in [-0.4, -0.2) is 33.5 Å². The maximum atomic E-state index is 13.0. The molecule has 1 fully saturated rings. The number of allylic oxidation sites excluding steroid dienone is 4. The Balaban J connectivity index is 2.73. The third-order valence-electron chi connectivity index (χ3n) is 6.67. The summed E-state index contributed by atoms with van der Waals surface area (Å²) in [6.07, 6.45) is 11.5. The maximum absolute atomic E-state index is 13.0. The van der Waals surface area contributed by atoms with Crippen LogP contribution in [0.4, 0.5) is 0 Å². The van der Waals surface area contributed by atoms with E-state index in [2.05, 4.69) is 26.2 Å². The molecule has 31 heavy (non-hydrogen) atoms. The monoisotopic (exact) mass is 430 g/mol. The Morgan fingerprint density at radius 1 is 1.13 bits per heavy atom. The van der Waals surface area contributed by atoms with E-state index in [1.54, 1.807) is 13.0 Å². The van der Waals surface area contributed by atoms with Gasteiger partial charge in [0.2, 0.25) is 0 Å². The Bertz CT molecular complexity index is 728. The highest BCUT2D eigenvalue weighted by Gasteiger charge is 2.53. The highest BCUT2D eigenvalue weighted by atomic mass is 16.3. The van der Waals surface area contributed by atoms with Gasteiger partial charge in [-0.1, -0.05) is 50.6 Å². The number of ketones is 2.